The molecule has 0 bridgehead atoms. The van der Waals surface area contributed by atoms with E-state index in [1.165, 1.54) is 46.0 Å². The quantitative estimate of drug-likeness (QED) is 0.640. The monoisotopic (exact) mass is 374 g/mol. The first-order chi connectivity index (χ1) is 13.7. The molecule has 3 heterocycles. The lowest BCUT2D eigenvalue weighted by Gasteiger charge is -2.45. The zero-order valence-corrected chi connectivity index (χ0v) is 17.0. The Morgan fingerprint density at radius 1 is 1.11 bits per heavy atom. The van der Waals surface area contributed by atoms with E-state index in [1.807, 2.05) is 0 Å². The van der Waals surface area contributed by atoms with Gasteiger partial charge in [-0.1, -0.05) is 36.4 Å². The number of nitrogens with one attached hydrogen (secondary N) is 1. The van der Waals surface area contributed by atoms with E-state index in [4.69, 9.17) is 4.74 Å². The SMILES string of the molecule is Cc1cc(C)c2[nH]ccc2c1CN1CCC2(CCCO2)C[C@H]1c1ccccc1. The fourth-order valence-electron chi connectivity index (χ4n) is 5.45. The number of nitrogens with zero attached hydrogens (tertiary/aromatic N) is 1. The molecule has 146 valence electrons. The van der Waals surface area contributed by atoms with E-state index in [9.17, 15) is 0 Å². The summed E-state index contributed by atoms with van der Waals surface area (Å²) < 4.78 is 6.30. The van der Waals surface area contributed by atoms with Gasteiger partial charge in [-0.15, -0.1) is 0 Å². The maximum Gasteiger partial charge on any atom is 0.0713 e. The molecule has 2 aliphatic rings. The highest BCUT2D eigenvalue weighted by atomic mass is 16.5. The third kappa shape index (κ3) is 3.07. The zero-order chi connectivity index (χ0) is 19.1. The molecule has 2 aromatic carbocycles. The summed E-state index contributed by atoms with van der Waals surface area (Å²) in [6.45, 7) is 7.49. The molecule has 5 rings (SSSR count). The Morgan fingerprint density at radius 3 is 2.75 bits per heavy atom. The van der Waals surface area contributed by atoms with Crippen molar-refractivity contribution in [1.82, 2.24) is 9.88 Å². The van der Waals surface area contributed by atoms with E-state index in [0.29, 0.717) is 6.04 Å². The normalized spacial score (nSPS) is 25.7. The summed E-state index contributed by atoms with van der Waals surface area (Å²) in [6.07, 6.45) is 6.76. The summed E-state index contributed by atoms with van der Waals surface area (Å²) in [5.74, 6) is 0. The van der Waals surface area contributed by atoms with Gasteiger partial charge in [0.25, 0.3) is 0 Å². The molecule has 1 spiro atoms. The Morgan fingerprint density at radius 2 is 1.96 bits per heavy atom. The van der Waals surface area contributed by atoms with Gasteiger partial charge in [0.1, 0.15) is 0 Å². The number of rotatable bonds is 3. The number of benzene rings is 2. The second kappa shape index (κ2) is 7.06. The topological polar surface area (TPSA) is 28.3 Å². The van der Waals surface area contributed by atoms with Crippen LogP contribution < -0.4 is 0 Å². The highest BCUT2D eigenvalue weighted by Crippen LogP contribution is 2.44. The Bertz CT molecular complexity index is 969. The van der Waals surface area contributed by atoms with Crippen molar-refractivity contribution >= 4 is 10.9 Å². The number of aryl methyl sites for hydroxylation is 2. The van der Waals surface area contributed by atoms with Gasteiger partial charge < -0.3 is 9.72 Å². The first-order valence-electron chi connectivity index (χ1n) is 10.6. The molecule has 0 aliphatic carbocycles. The predicted octanol–water partition coefficient (Wildman–Crippen LogP) is 5.67. The third-order valence-corrected chi connectivity index (χ3v) is 6.97. The number of fused-ring (bicyclic) bond motifs is 1. The van der Waals surface area contributed by atoms with Crippen LogP contribution in [0.3, 0.4) is 0 Å². The van der Waals surface area contributed by atoms with Gasteiger partial charge in [0.15, 0.2) is 0 Å². The fourth-order valence-corrected chi connectivity index (χ4v) is 5.45. The van der Waals surface area contributed by atoms with Crippen LogP contribution in [0.1, 0.15) is 54.0 Å². The minimum Gasteiger partial charge on any atom is -0.375 e. The Kier molecular flexibility index (Phi) is 4.53. The highest BCUT2D eigenvalue weighted by molar-refractivity contribution is 5.86. The molecule has 1 aromatic heterocycles. The molecule has 2 atom stereocenters. The minimum atomic E-state index is 0.0999. The standard InChI is InChI=1S/C25H30N2O/c1-18-15-19(2)24-21(9-12-26-24)22(18)17-27-13-11-25(10-6-14-28-25)16-23(27)20-7-4-3-5-8-20/h3-5,7-9,12,15,23,26H,6,10-11,13-14,16-17H2,1-2H3/t23-,25?/m0/s1. The number of likely N-dealkylation sites (tertiary alicyclic amines) is 1. The van der Waals surface area contributed by atoms with Crippen molar-refractivity contribution in [3.05, 3.63) is 70.9 Å². The van der Waals surface area contributed by atoms with Gasteiger partial charge in [-0.05, 0) is 67.9 Å². The predicted molar refractivity (Wildman–Crippen MR) is 115 cm³/mol. The number of piperidine rings is 1. The van der Waals surface area contributed by atoms with Crippen molar-refractivity contribution in [2.75, 3.05) is 13.2 Å². The molecule has 3 aromatic rings. The summed E-state index contributed by atoms with van der Waals surface area (Å²) in [5, 5.41) is 1.38. The largest absolute Gasteiger partial charge is 0.375 e. The minimum absolute atomic E-state index is 0.0999. The highest BCUT2D eigenvalue weighted by Gasteiger charge is 2.43. The second-order valence-corrected chi connectivity index (χ2v) is 8.74. The van der Waals surface area contributed by atoms with Gasteiger partial charge in [-0.2, -0.15) is 0 Å². The van der Waals surface area contributed by atoms with Gasteiger partial charge >= 0.3 is 0 Å². The molecule has 2 fully saturated rings. The summed E-state index contributed by atoms with van der Waals surface area (Å²) >= 11 is 0. The molecule has 0 radical (unpaired) electrons. The number of H-pyrrole nitrogens is 1. The van der Waals surface area contributed by atoms with E-state index in [-0.39, 0.29) is 5.60 Å². The Labute approximate surface area is 167 Å². The van der Waals surface area contributed by atoms with Crippen molar-refractivity contribution in [1.29, 1.82) is 0 Å². The van der Waals surface area contributed by atoms with E-state index in [2.05, 4.69) is 72.4 Å². The van der Waals surface area contributed by atoms with E-state index in [0.717, 1.165) is 32.5 Å². The lowest BCUT2D eigenvalue weighted by atomic mass is 9.81. The summed E-state index contributed by atoms with van der Waals surface area (Å²) in [6, 6.07) is 16.0. The van der Waals surface area contributed by atoms with Crippen LogP contribution >= 0.6 is 0 Å². The molecule has 3 nitrogen and oxygen atoms in total. The zero-order valence-electron chi connectivity index (χ0n) is 17.0. The van der Waals surface area contributed by atoms with Crippen molar-refractivity contribution < 1.29 is 4.74 Å². The van der Waals surface area contributed by atoms with Crippen LogP contribution in [0.5, 0.6) is 0 Å². The van der Waals surface area contributed by atoms with Crippen molar-refractivity contribution in [3.8, 4) is 0 Å². The van der Waals surface area contributed by atoms with Crippen LogP contribution in [0.2, 0.25) is 0 Å². The van der Waals surface area contributed by atoms with Crippen LogP contribution in [0.25, 0.3) is 10.9 Å². The third-order valence-electron chi connectivity index (χ3n) is 6.97. The molecule has 28 heavy (non-hydrogen) atoms. The molecule has 0 saturated carbocycles. The van der Waals surface area contributed by atoms with Gasteiger partial charge in [0, 0.05) is 42.8 Å². The molecule has 1 unspecified atom stereocenters. The summed E-state index contributed by atoms with van der Waals surface area (Å²) in [7, 11) is 0. The summed E-state index contributed by atoms with van der Waals surface area (Å²) in [4.78, 5) is 6.12. The van der Waals surface area contributed by atoms with Crippen LogP contribution in [0.4, 0.5) is 0 Å². The van der Waals surface area contributed by atoms with Gasteiger partial charge in [-0.25, -0.2) is 0 Å². The number of ether oxygens (including phenoxy) is 1. The maximum absolute atomic E-state index is 6.30. The van der Waals surface area contributed by atoms with Crippen LogP contribution in [-0.2, 0) is 11.3 Å². The Hall–Kier alpha value is -2.10. The molecule has 2 aliphatic heterocycles. The van der Waals surface area contributed by atoms with Crippen molar-refractivity contribution in [2.24, 2.45) is 0 Å². The maximum atomic E-state index is 6.30. The molecule has 3 heteroatoms. The lowest BCUT2D eigenvalue weighted by molar-refractivity contribution is -0.0675. The van der Waals surface area contributed by atoms with Gasteiger partial charge in [0.05, 0.1) is 5.60 Å². The average molecular weight is 375 g/mol. The first-order valence-corrected chi connectivity index (χ1v) is 10.6. The number of aromatic nitrogens is 1. The number of hydrogen-bond donors (Lipinski definition) is 1. The lowest BCUT2D eigenvalue weighted by Crippen LogP contribution is -2.45. The molecular weight excluding hydrogens is 344 g/mol. The van der Waals surface area contributed by atoms with E-state index in [1.54, 1.807) is 0 Å². The van der Waals surface area contributed by atoms with E-state index < -0.39 is 0 Å². The van der Waals surface area contributed by atoms with Crippen LogP contribution in [0.15, 0.2) is 48.7 Å². The van der Waals surface area contributed by atoms with Crippen molar-refractivity contribution in [2.45, 2.75) is 57.7 Å². The smallest absolute Gasteiger partial charge is 0.0713 e. The summed E-state index contributed by atoms with van der Waals surface area (Å²) in [5.41, 5.74) is 7.00. The van der Waals surface area contributed by atoms with Crippen molar-refractivity contribution in [3.63, 3.8) is 0 Å². The van der Waals surface area contributed by atoms with E-state index >= 15 is 0 Å². The number of aromatic amines is 1. The van der Waals surface area contributed by atoms with Crippen LogP contribution in [-0.4, -0.2) is 28.6 Å². The van der Waals surface area contributed by atoms with Gasteiger partial charge in [-0.3, -0.25) is 4.90 Å². The first kappa shape index (κ1) is 18.0. The molecular formula is C25H30N2O. The number of hydrogen-bond acceptors (Lipinski definition) is 2. The Balaban J connectivity index is 1.51. The molecule has 1 N–H and O–H groups in total. The average Bonchev–Trinajstić information content (AvgIpc) is 3.37. The molecule has 0 amide bonds. The second-order valence-electron chi connectivity index (χ2n) is 8.74. The fraction of sp³-hybridized carbons (Fsp3) is 0.440. The van der Waals surface area contributed by atoms with Crippen LogP contribution in [0, 0.1) is 13.8 Å². The molecule has 2 saturated heterocycles. The van der Waals surface area contributed by atoms with Gasteiger partial charge in [0.2, 0.25) is 0 Å².